The first-order chi connectivity index (χ1) is 37.6. The van der Waals surface area contributed by atoms with Gasteiger partial charge in [-0.25, -0.2) is 14.6 Å². The zero-order valence-corrected chi connectivity index (χ0v) is 47.6. The fraction of sp³-hybridized carbons (Fsp3) is 0.333. The minimum absolute atomic E-state index is 0.0221. The summed E-state index contributed by atoms with van der Waals surface area (Å²) in [6, 6.07) is 28.4. The van der Waals surface area contributed by atoms with Gasteiger partial charge in [-0.3, -0.25) is 15.1 Å². The van der Waals surface area contributed by atoms with Crippen LogP contribution < -0.4 is 20.9 Å². The molecule has 1 fully saturated rings. The highest BCUT2D eigenvalue weighted by molar-refractivity contribution is 6.76. The van der Waals surface area contributed by atoms with Gasteiger partial charge in [0, 0.05) is 102 Å². The second-order valence-electron chi connectivity index (χ2n) is 21.2. The third-order valence-electron chi connectivity index (χ3n) is 12.6. The number of H-pyrrole nitrogens is 3. The number of methoxy groups -OCH3 is 1. The zero-order chi connectivity index (χ0) is 55.2. The van der Waals surface area contributed by atoms with E-state index in [0.29, 0.717) is 56.0 Å². The van der Waals surface area contributed by atoms with Crippen molar-refractivity contribution in [3.05, 3.63) is 110 Å². The number of hydrogen-bond acceptors (Lipinski definition) is 15. The monoisotopic (exact) mass is 1090 g/mol. The van der Waals surface area contributed by atoms with Gasteiger partial charge < -0.3 is 55.3 Å². The van der Waals surface area contributed by atoms with E-state index in [-0.39, 0.29) is 18.3 Å². The zero-order valence-electron chi connectivity index (χ0n) is 45.6. The van der Waals surface area contributed by atoms with Crippen molar-refractivity contribution in [3.8, 4) is 68.3 Å². The molecular weight excluding hydrogens is 1020 g/mol. The number of benzene rings is 4. The lowest BCUT2D eigenvalue weighted by atomic mass is 10.0. The van der Waals surface area contributed by atoms with Gasteiger partial charge in [0.25, 0.3) is 0 Å². The molecule has 6 aromatic heterocycles. The van der Waals surface area contributed by atoms with Crippen molar-refractivity contribution in [2.24, 2.45) is 11.5 Å². The molecule has 0 radical (unpaired) electrons. The molecule has 0 bridgehead atoms. The molecule has 0 aliphatic carbocycles. The first kappa shape index (κ1) is 56.7. The molecule has 0 saturated carbocycles. The molecule has 1 saturated heterocycles. The summed E-state index contributed by atoms with van der Waals surface area (Å²) < 4.78 is 30.4. The van der Waals surface area contributed by atoms with Crippen molar-refractivity contribution >= 4 is 60.0 Å². The molecule has 1 aliphatic rings. The van der Waals surface area contributed by atoms with Gasteiger partial charge in [-0.05, 0) is 96.7 Å². The van der Waals surface area contributed by atoms with Gasteiger partial charge in [0.15, 0.2) is 18.4 Å². The van der Waals surface area contributed by atoms with Crippen molar-refractivity contribution in [1.82, 2.24) is 49.9 Å². The van der Waals surface area contributed by atoms with Gasteiger partial charge in [-0.1, -0.05) is 51.4 Å². The van der Waals surface area contributed by atoms with Crippen LogP contribution in [0, 0.1) is 0 Å². The first-order valence-corrected chi connectivity index (χ1v) is 33.6. The van der Waals surface area contributed by atoms with E-state index in [0.717, 1.165) is 103 Å². The van der Waals surface area contributed by atoms with Crippen LogP contribution in [-0.4, -0.2) is 130 Å². The van der Waals surface area contributed by atoms with Crippen molar-refractivity contribution in [1.29, 1.82) is 0 Å². The maximum atomic E-state index is 10.1. The highest BCUT2D eigenvalue weighted by Crippen LogP contribution is 2.38. The minimum Gasteiger partial charge on any atom is -0.508 e. The van der Waals surface area contributed by atoms with Crippen LogP contribution in [0.1, 0.15) is 12.8 Å². The van der Waals surface area contributed by atoms with E-state index < -0.39 is 16.1 Å². The molecule has 11 rings (SSSR count). The lowest BCUT2D eigenvalue weighted by Gasteiger charge is -2.16. The van der Waals surface area contributed by atoms with Crippen molar-refractivity contribution in [2.45, 2.75) is 70.9 Å². The number of nitrogens with one attached hydrogen (secondary N) is 3. The number of phenols is 2. The number of nitrogens with zero attached hydrogens (tertiary/aromatic N) is 7. The van der Waals surface area contributed by atoms with Crippen LogP contribution in [0.5, 0.6) is 23.0 Å². The Labute approximate surface area is 455 Å². The predicted octanol–water partition coefficient (Wildman–Crippen LogP) is 10.9. The minimum atomic E-state index is -1.21. The number of nitrogens with two attached hydrogens (primary N) is 2. The van der Waals surface area contributed by atoms with E-state index in [9.17, 15) is 10.2 Å². The van der Waals surface area contributed by atoms with Crippen molar-refractivity contribution < 1.29 is 33.9 Å². The molecule has 7 heterocycles. The van der Waals surface area contributed by atoms with Gasteiger partial charge >= 0.3 is 0 Å². The van der Waals surface area contributed by atoms with Gasteiger partial charge in [0.2, 0.25) is 0 Å². The maximum absolute atomic E-state index is 10.1. The largest absolute Gasteiger partial charge is 0.508 e. The Bertz CT molecular complexity index is 3470. The summed E-state index contributed by atoms with van der Waals surface area (Å²) in [6.07, 6.45) is 9.51. The summed E-state index contributed by atoms with van der Waals surface area (Å²) in [7, 11) is -0.667. The molecule has 21 heteroatoms. The number of ether oxygens (including phenoxy) is 5. The quantitative estimate of drug-likeness (QED) is 0.0254. The third-order valence-corrected chi connectivity index (χ3v) is 16.0. The molecule has 10 aromatic rings. The summed E-state index contributed by atoms with van der Waals surface area (Å²) >= 11 is 0. The SMILES string of the molecule is C1CCOC1.COc1cc(OCOCC[Si](C)(C)C)ccc1-c1ccc2c(-c3nc4ccncc4[nH]3)nn(COCC[Si](C)(C)C)c2c1.NCCN.Oc1ccc(-c2ccc3c(-c4nc5ccncc5[nH]4)n[nH]c3c2)c(O)c1. The number of aromatic amines is 3. The average Bonchev–Trinajstić information content (AvgIpc) is 4.40. The number of aromatic nitrogens is 10. The van der Waals surface area contributed by atoms with Crippen LogP contribution in [0.25, 0.3) is 89.2 Å². The van der Waals surface area contributed by atoms with Gasteiger partial charge in [-0.2, -0.15) is 10.2 Å². The molecule has 9 N–H and O–H groups in total. The highest BCUT2D eigenvalue weighted by atomic mass is 28.3. The molecule has 78 heavy (non-hydrogen) atoms. The molecule has 0 unspecified atom stereocenters. The number of aromatic hydroxyl groups is 2. The second-order valence-corrected chi connectivity index (χ2v) is 32.4. The number of hydrogen-bond donors (Lipinski definition) is 7. The predicted molar refractivity (Wildman–Crippen MR) is 314 cm³/mol. The van der Waals surface area contributed by atoms with E-state index >= 15 is 0 Å². The maximum Gasteiger partial charge on any atom is 0.189 e. The second kappa shape index (κ2) is 26.2. The van der Waals surface area contributed by atoms with E-state index in [1.54, 1.807) is 44.0 Å². The van der Waals surface area contributed by atoms with Crippen molar-refractivity contribution in [3.63, 3.8) is 0 Å². The smallest absolute Gasteiger partial charge is 0.189 e. The molecule has 19 nitrogen and oxygen atoms in total. The summed E-state index contributed by atoms with van der Waals surface area (Å²) in [5.41, 5.74) is 19.9. The number of pyridine rings is 2. The van der Waals surface area contributed by atoms with E-state index in [4.69, 9.17) is 45.2 Å². The highest BCUT2D eigenvalue weighted by Gasteiger charge is 2.20. The van der Waals surface area contributed by atoms with E-state index in [1.165, 1.54) is 18.9 Å². The first-order valence-electron chi connectivity index (χ1n) is 26.2. The summed E-state index contributed by atoms with van der Waals surface area (Å²) in [5.74, 6) is 2.84. The Kier molecular flexibility index (Phi) is 19.1. The normalized spacial score (nSPS) is 12.5. The van der Waals surface area contributed by atoms with Crippen LogP contribution in [0.3, 0.4) is 0 Å². The molecule has 1 aliphatic heterocycles. The summed E-state index contributed by atoms with van der Waals surface area (Å²) in [6.45, 7) is 19.3. The average molecular weight is 1090 g/mol. The van der Waals surface area contributed by atoms with E-state index in [2.05, 4.69) is 92.6 Å². The Morgan fingerprint density at radius 1 is 0.667 bits per heavy atom. The fourth-order valence-corrected chi connectivity index (χ4v) is 9.78. The Hall–Kier alpha value is -7.51. The molecule has 0 amide bonds. The molecule has 0 spiro atoms. The standard InChI is InChI=1S/C32H43N5O4Si2.C19H13N5O2.C4H8O.C2H8N2/c1-38-30-19-24(41-22-40-15-17-43(5,6)7)9-11-25(30)23-8-10-26-29(18-23)37(21-39-14-16-42(2,3)4)36-31(26)32-34-27-12-13-33-20-28(27)35-32;25-11-2-4-12(17(26)8-11)10-1-3-13-15(7-10)23-24-18(13)19-21-14-5-6-20-9-16(14)22-19;1-2-4-5-3-1;3-1-2-4/h8-13,18-20H,14-17,21-22H2,1-7H3,(H,34,35);1-9,25-26H,(H,21,22)(H,23,24);1-4H2;1-4H2. The van der Waals surface area contributed by atoms with Crippen LogP contribution >= 0.6 is 0 Å². The molecule has 0 atom stereocenters. The van der Waals surface area contributed by atoms with E-state index in [1.807, 2.05) is 53.2 Å². The number of fused-ring (bicyclic) bond motifs is 4. The van der Waals surface area contributed by atoms with Crippen LogP contribution in [-0.2, 0) is 20.9 Å². The summed E-state index contributed by atoms with van der Waals surface area (Å²) in [4.78, 5) is 24.3. The fourth-order valence-electron chi connectivity index (χ4n) is 8.27. The van der Waals surface area contributed by atoms with Crippen molar-refractivity contribution in [2.75, 3.05) is 53.4 Å². The van der Waals surface area contributed by atoms with Crippen LogP contribution in [0.2, 0.25) is 51.4 Å². The molecule has 410 valence electrons. The number of phenolic OH excluding ortho intramolecular Hbond substituents is 2. The lowest BCUT2D eigenvalue weighted by Crippen LogP contribution is -2.22. The lowest BCUT2D eigenvalue weighted by molar-refractivity contribution is 0.0219. The van der Waals surface area contributed by atoms with Gasteiger partial charge in [0.05, 0.1) is 52.6 Å². The topological polar surface area (TPSA) is 268 Å². The summed E-state index contributed by atoms with van der Waals surface area (Å²) in [5, 5.41) is 33.8. The van der Waals surface area contributed by atoms with Gasteiger partial charge in [0.1, 0.15) is 41.1 Å². The third kappa shape index (κ3) is 14.9. The van der Waals surface area contributed by atoms with Crippen LogP contribution in [0.4, 0.5) is 0 Å². The van der Waals surface area contributed by atoms with Gasteiger partial charge in [-0.15, -0.1) is 0 Å². The number of imidazole rings is 2. The molecule has 4 aromatic carbocycles. The van der Waals surface area contributed by atoms with Crippen LogP contribution in [0.15, 0.2) is 110 Å². The molecular formula is C57H72N12O7Si2. The Balaban J connectivity index is 0.000000192. The number of rotatable bonds is 17. The Morgan fingerprint density at radius 3 is 1.87 bits per heavy atom. The Morgan fingerprint density at radius 2 is 1.28 bits per heavy atom.